The lowest BCUT2D eigenvalue weighted by Gasteiger charge is -2.09. The van der Waals surface area contributed by atoms with Gasteiger partial charge in [0, 0.05) is 32.8 Å². The summed E-state index contributed by atoms with van der Waals surface area (Å²) < 4.78 is 15.6. The highest BCUT2D eigenvalue weighted by Crippen LogP contribution is 2.30. The minimum atomic E-state index is -0.389. The zero-order valence-electron chi connectivity index (χ0n) is 36.9. The molecule has 3 amide bonds. The summed E-state index contributed by atoms with van der Waals surface area (Å²) in [5.41, 5.74) is 2.49. The van der Waals surface area contributed by atoms with Crippen LogP contribution in [0.25, 0.3) is 32.7 Å². The van der Waals surface area contributed by atoms with Gasteiger partial charge < -0.3 is 14.2 Å². The zero-order valence-corrected chi connectivity index (χ0v) is 38.4. The number of H-pyrrole nitrogens is 3. The number of fused-ring (bicyclic) bond motifs is 3. The first-order valence-electron chi connectivity index (χ1n) is 20.5. The van der Waals surface area contributed by atoms with Crippen LogP contribution in [0.3, 0.4) is 0 Å². The van der Waals surface area contributed by atoms with Crippen LogP contribution in [-0.2, 0) is 0 Å². The van der Waals surface area contributed by atoms with E-state index in [-0.39, 0.29) is 52.2 Å². The molecule has 0 aliphatic carbocycles. The first kappa shape index (κ1) is 48.1. The molecule has 0 saturated heterocycles. The SMILES string of the molecule is COc1cc2c(=O)[nH]c(NC(=O)c3ccc(Cl)cc3)nc2cc1C.COc1cc2nc(NC(=O)c3ccccc3)[nH]c(=O)c2cc1OC.O=C(Nc1nc2ccccc2c(=O)[nH]1)c1ccc(Cl)cc1. The number of hydrogen-bond acceptors (Lipinski definition) is 12. The number of aromatic amines is 3. The van der Waals surface area contributed by atoms with E-state index < -0.39 is 0 Å². The maximum absolute atomic E-state index is 12.2. The fraction of sp³-hybridized carbons (Fsp3) is 0.0816. The number of carbonyl (C=O) groups excluding carboxylic acids is 3. The molecule has 20 heteroatoms. The van der Waals surface area contributed by atoms with Crippen LogP contribution < -0.4 is 46.8 Å². The Morgan fingerprint density at radius 1 is 0.449 bits per heavy atom. The van der Waals surface area contributed by atoms with E-state index in [1.807, 2.05) is 13.0 Å². The standard InChI is InChI=1S/C17H14ClN3O3.C17H15N3O4.C15H10ClN3O2/c1-9-7-13-12(8-14(9)24-2)16(23)21-17(19-13)20-15(22)10-3-5-11(18)6-4-10;1-23-13-8-11-12(9-14(13)24-2)18-17(20-16(11)22)19-15(21)10-6-4-3-5-7-10;16-10-7-5-9(6-8-10)13(20)18-15-17-12-4-2-1-3-11(12)14(21)19-15/h3-8H,1-2H3,(H2,19,20,21,22,23);3-9H,1-2H3,(H2,18,19,20,21,22);1-8H,(H2,17,18,19,20,21). The molecule has 0 aliphatic heterocycles. The van der Waals surface area contributed by atoms with Crippen molar-refractivity contribution in [3.8, 4) is 17.2 Å². The molecule has 3 aromatic heterocycles. The summed E-state index contributed by atoms with van der Waals surface area (Å²) in [4.78, 5) is 93.2. The van der Waals surface area contributed by atoms with E-state index in [1.165, 1.54) is 21.3 Å². The topological polar surface area (TPSA) is 252 Å². The van der Waals surface area contributed by atoms with E-state index in [1.54, 1.807) is 121 Å². The van der Waals surface area contributed by atoms with Crippen molar-refractivity contribution in [1.29, 1.82) is 0 Å². The van der Waals surface area contributed by atoms with Gasteiger partial charge in [-0.2, -0.15) is 0 Å². The van der Waals surface area contributed by atoms with Crippen LogP contribution in [0.1, 0.15) is 36.6 Å². The minimum Gasteiger partial charge on any atom is -0.496 e. The van der Waals surface area contributed by atoms with Crippen LogP contribution in [0.2, 0.25) is 10.0 Å². The largest absolute Gasteiger partial charge is 0.496 e. The Morgan fingerprint density at radius 3 is 1.30 bits per heavy atom. The summed E-state index contributed by atoms with van der Waals surface area (Å²) in [5, 5.41) is 10.0. The van der Waals surface area contributed by atoms with E-state index in [0.717, 1.165) is 5.56 Å². The molecule has 3 heterocycles. The molecular formula is C49H39Cl2N9O9. The van der Waals surface area contributed by atoms with Crippen LogP contribution in [-0.4, -0.2) is 69.0 Å². The number of benzene rings is 6. The lowest BCUT2D eigenvalue weighted by molar-refractivity contribution is 0.101. The smallest absolute Gasteiger partial charge is 0.260 e. The van der Waals surface area contributed by atoms with Gasteiger partial charge in [-0.3, -0.25) is 59.7 Å². The molecule has 9 rings (SSSR count). The predicted molar refractivity (Wildman–Crippen MR) is 265 cm³/mol. The molecule has 0 spiro atoms. The van der Waals surface area contributed by atoms with E-state index in [4.69, 9.17) is 37.4 Å². The maximum Gasteiger partial charge on any atom is 0.260 e. The van der Waals surface area contributed by atoms with Crippen LogP contribution in [0.15, 0.2) is 142 Å². The number of amides is 3. The average molecular weight is 969 g/mol. The number of aromatic nitrogens is 6. The fourth-order valence-corrected chi connectivity index (χ4v) is 6.80. The highest BCUT2D eigenvalue weighted by Gasteiger charge is 2.15. The summed E-state index contributed by atoms with van der Waals surface area (Å²) in [6.45, 7) is 1.85. The van der Waals surface area contributed by atoms with Crippen molar-refractivity contribution in [1.82, 2.24) is 29.9 Å². The number of ether oxygens (including phenoxy) is 3. The Kier molecular flexibility index (Phi) is 15.1. The lowest BCUT2D eigenvalue weighted by atomic mass is 10.1. The molecule has 0 unspecified atom stereocenters. The molecule has 6 aromatic carbocycles. The molecule has 0 bridgehead atoms. The van der Waals surface area contributed by atoms with E-state index in [9.17, 15) is 28.8 Å². The number of hydrogen-bond donors (Lipinski definition) is 6. The van der Waals surface area contributed by atoms with Gasteiger partial charge in [-0.25, -0.2) is 15.0 Å². The summed E-state index contributed by atoms with van der Waals surface area (Å²) in [7, 11) is 4.52. The number of methoxy groups -OCH3 is 3. The van der Waals surface area contributed by atoms with Crippen molar-refractivity contribution >= 4 is 91.5 Å². The predicted octanol–water partition coefficient (Wildman–Crippen LogP) is 8.17. The van der Waals surface area contributed by atoms with Crippen LogP contribution in [0.5, 0.6) is 17.2 Å². The molecule has 348 valence electrons. The van der Waals surface area contributed by atoms with E-state index in [2.05, 4.69) is 45.9 Å². The van der Waals surface area contributed by atoms with Crippen molar-refractivity contribution in [2.75, 3.05) is 37.3 Å². The second-order valence-electron chi connectivity index (χ2n) is 14.6. The first-order chi connectivity index (χ1) is 33.2. The second kappa shape index (κ2) is 21.6. The molecule has 0 aliphatic rings. The highest BCUT2D eigenvalue weighted by atomic mass is 35.5. The summed E-state index contributed by atoms with van der Waals surface area (Å²) in [6.07, 6.45) is 0. The molecule has 0 fully saturated rings. The average Bonchev–Trinajstić information content (AvgIpc) is 3.34. The van der Waals surface area contributed by atoms with Gasteiger partial charge in [0.25, 0.3) is 34.4 Å². The lowest BCUT2D eigenvalue weighted by Crippen LogP contribution is -2.18. The van der Waals surface area contributed by atoms with Gasteiger partial charge in [0.05, 0.1) is 54.0 Å². The van der Waals surface area contributed by atoms with Crippen molar-refractivity contribution in [2.24, 2.45) is 0 Å². The minimum absolute atomic E-state index is 0.0635. The molecule has 6 N–H and O–H groups in total. The van der Waals surface area contributed by atoms with Gasteiger partial charge in [-0.15, -0.1) is 0 Å². The quantitative estimate of drug-likeness (QED) is 0.0801. The Morgan fingerprint density at radius 2 is 0.826 bits per heavy atom. The second-order valence-corrected chi connectivity index (χ2v) is 15.4. The zero-order chi connectivity index (χ0) is 49.2. The molecule has 69 heavy (non-hydrogen) atoms. The van der Waals surface area contributed by atoms with Gasteiger partial charge in [-0.1, -0.05) is 53.5 Å². The summed E-state index contributed by atoms with van der Waals surface area (Å²) in [5.74, 6) is 0.613. The monoisotopic (exact) mass is 967 g/mol. The third-order valence-electron chi connectivity index (χ3n) is 9.99. The third-order valence-corrected chi connectivity index (χ3v) is 10.5. The Bertz CT molecular complexity index is 3550. The van der Waals surface area contributed by atoms with Crippen molar-refractivity contribution < 1.29 is 28.6 Å². The van der Waals surface area contributed by atoms with Gasteiger partial charge in [0.2, 0.25) is 17.8 Å². The van der Waals surface area contributed by atoms with Crippen molar-refractivity contribution in [3.63, 3.8) is 0 Å². The van der Waals surface area contributed by atoms with Crippen LogP contribution in [0.4, 0.5) is 17.8 Å². The number of para-hydroxylation sites is 1. The fourth-order valence-electron chi connectivity index (χ4n) is 6.55. The van der Waals surface area contributed by atoms with E-state index in [0.29, 0.717) is 76.7 Å². The molecule has 18 nitrogen and oxygen atoms in total. The molecule has 0 saturated carbocycles. The van der Waals surface area contributed by atoms with Crippen LogP contribution >= 0.6 is 23.2 Å². The molecule has 0 radical (unpaired) electrons. The van der Waals surface area contributed by atoms with Crippen molar-refractivity contribution in [3.05, 3.63) is 191 Å². The van der Waals surface area contributed by atoms with Gasteiger partial charge in [-0.05, 0) is 103 Å². The maximum atomic E-state index is 12.2. The summed E-state index contributed by atoms with van der Waals surface area (Å²) in [6, 6.07) is 34.9. The number of halogens is 2. The summed E-state index contributed by atoms with van der Waals surface area (Å²) >= 11 is 11.6. The Labute approximate surface area is 400 Å². The van der Waals surface area contributed by atoms with Crippen LogP contribution in [0, 0.1) is 6.92 Å². The molecule has 9 aromatic rings. The number of anilines is 3. The third kappa shape index (κ3) is 11.8. The number of rotatable bonds is 9. The Balaban J connectivity index is 0.000000153. The molecular weight excluding hydrogens is 929 g/mol. The Hall–Kier alpha value is -8.87. The van der Waals surface area contributed by atoms with Gasteiger partial charge >= 0.3 is 0 Å². The molecule has 0 atom stereocenters. The number of aryl methyl sites for hydroxylation is 1. The highest BCUT2D eigenvalue weighted by molar-refractivity contribution is 6.31. The first-order valence-corrected chi connectivity index (χ1v) is 21.2. The van der Waals surface area contributed by atoms with Crippen molar-refractivity contribution in [2.45, 2.75) is 6.92 Å². The normalized spacial score (nSPS) is 10.5. The number of carbonyl (C=O) groups is 3. The number of nitrogens with zero attached hydrogens (tertiary/aromatic N) is 3. The van der Waals surface area contributed by atoms with Gasteiger partial charge in [0.15, 0.2) is 11.5 Å². The van der Waals surface area contributed by atoms with Gasteiger partial charge in [0.1, 0.15) is 5.75 Å². The number of nitrogens with one attached hydrogen (secondary N) is 6. The van der Waals surface area contributed by atoms with E-state index >= 15 is 0 Å².